The van der Waals surface area contributed by atoms with Crippen LogP contribution in [0.3, 0.4) is 0 Å². The Morgan fingerprint density at radius 1 is 1.29 bits per heavy atom. The summed E-state index contributed by atoms with van der Waals surface area (Å²) in [7, 11) is 0. The summed E-state index contributed by atoms with van der Waals surface area (Å²) in [5.41, 5.74) is 8.09. The van der Waals surface area contributed by atoms with Gasteiger partial charge in [0.15, 0.2) is 0 Å². The Morgan fingerprint density at radius 2 is 1.86 bits per heavy atom. The van der Waals surface area contributed by atoms with Gasteiger partial charge < -0.3 is 11.1 Å². The zero-order chi connectivity index (χ0) is 9.97. The highest BCUT2D eigenvalue weighted by Crippen LogP contribution is 2.29. The molecule has 0 amide bonds. The molecule has 1 aromatic rings. The maximum atomic E-state index is 5.53. The summed E-state index contributed by atoms with van der Waals surface area (Å²) in [4.78, 5) is 0. The van der Waals surface area contributed by atoms with Crippen molar-refractivity contribution in [1.29, 1.82) is 0 Å². The smallest absolute Gasteiger partial charge is 0.0208 e. The molecule has 0 saturated heterocycles. The van der Waals surface area contributed by atoms with Crippen LogP contribution in [0.2, 0.25) is 0 Å². The molecule has 2 atom stereocenters. The molecule has 2 unspecified atom stereocenters. The largest absolute Gasteiger partial charge is 0.326 e. The van der Waals surface area contributed by atoms with Gasteiger partial charge in [0, 0.05) is 19.1 Å². The minimum Gasteiger partial charge on any atom is -0.326 e. The van der Waals surface area contributed by atoms with E-state index in [1.807, 2.05) is 0 Å². The number of nitrogens with two attached hydrogens (primary N) is 1. The first kappa shape index (κ1) is 9.69. The van der Waals surface area contributed by atoms with Crippen LogP contribution in [0.4, 0.5) is 0 Å². The van der Waals surface area contributed by atoms with Gasteiger partial charge in [0.25, 0.3) is 0 Å². The molecule has 1 saturated carbocycles. The van der Waals surface area contributed by atoms with Crippen LogP contribution in [0, 0.1) is 5.92 Å². The summed E-state index contributed by atoms with van der Waals surface area (Å²) in [5.74, 6) is 0.873. The van der Waals surface area contributed by atoms with Gasteiger partial charge in [-0.15, -0.1) is 0 Å². The molecule has 0 aliphatic heterocycles. The molecule has 2 nitrogen and oxygen atoms in total. The van der Waals surface area contributed by atoms with Crippen molar-refractivity contribution in [3.63, 3.8) is 0 Å². The average Bonchev–Trinajstić information content (AvgIpc) is 2.92. The summed E-state index contributed by atoms with van der Waals surface area (Å²) in [6.45, 7) is 3.91. The average molecular weight is 190 g/mol. The summed E-state index contributed by atoms with van der Waals surface area (Å²) in [6.07, 6.45) is 1.33. The molecule has 3 N–H and O–H groups in total. The van der Waals surface area contributed by atoms with Crippen LogP contribution in [0.5, 0.6) is 0 Å². The standard InChI is InChI=1S/C12H18N2/c1-9-6-12(9)14-8-11-4-2-10(7-13)3-5-11/h2-5,9,12,14H,6-8,13H2,1H3. The lowest BCUT2D eigenvalue weighted by atomic mass is 10.1. The normalized spacial score (nSPS) is 25.0. The van der Waals surface area contributed by atoms with Crippen LogP contribution in [0.1, 0.15) is 24.5 Å². The molecule has 2 heteroatoms. The number of nitrogens with one attached hydrogen (secondary N) is 1. The Balaban J connectivity index is 1.84. The molecule has 1 aromatic carbocycles. The molecule has 0 heterocycles. The van der Waals surface area contributed by atoms with Crippen molar-refractivity contribution in [2.45, 2.75) is 32.5 Å². The Bertz CT molecular complexity index is 292. The van der Waals surface area contributed by atoms with Crippen molar-refractivity contribution in [3.8, 4) is 0 Å². The van der Waals surface area contributed by atoms with Gasteiger partial charge in [0.1, 0.15) is 0 Å². The van der Waals surface area contributed by atoms with E-state index in [2.05, 4.69) is 36.5 Å². The zero-order valence-corrected chi connectivity index (χ0v) is 8.66. The quantitative estimate of drug-likeness (QED) is 0.757. The van der Waals surface area contributed by atoms with E-state index in [0.29, 0.717) is 6.54 Å². The van der Waals surface area contributed by atoms with Crippen molar-refractivity contribution >= 4 is 0 Å². The maximum Gasteiger partial charge on any atom is 0.0208 e. The van der Waals surface area contributed by atoms with E-state index in [1.165, 1.54) is 17.5 Å². The third-order valence-corrected chi connectivity index (χ3v) is 2.94. The summed E-state index contributed by atoms with van der Waals surface area (Å²) in [5, 5.41) is 3.53. The van der Waals surface area contributed by atoms with Crippen molar-refractivity contribution < 1.29 is 0 Å². The molecule has 2 rings (SSSR count). The number of benzene rings is 1. The lowest BCUT2D eigenvalue weighted by Crippen LogP contribution is -2.16. The van der Waals surface area contributed by atoms with Crippen LogP contribution in [-0.2, 0) is 13.1 Å². The van der Waals surface area contributed by atoms with E-state index in [-0.39, 0.29) is 0 Å². The summed E-state index contributed by atoms with van der Waals surface area (Å²) >= 11 is 0. The van der Waals surface area contributed by atoms with Crippen LogP contribution >= 0.6 is 0 Å². The van der Waals surface area contributed by atoms with E-state index in [1.54, 1.807) is 0 Å². The Morgan fingerprint density at radius 3 is 2.36 bits per heavy atom. The van der Waals surface area contributed by atoms with Crippen molar-refractivity contribution in [3.05, 3.63) is 35.4 Å². The van der Waals surface area contributed by atoms with Gasteiger partial charge in [-0.3, -0.25) is 0 Å². The second kappa shape index (κ2) is 4.11. The molecule has 1 aliphatic carbocycles. The third kappa shape index (κ3) is 2.34. The molecule has 0 aromatic heterocycles. The highest BCUT2D eigenvalue weighted by Gasteiger charge is 2.31. The van der Waals surface area contributed by atoms with Gasteiger partial charge in [0.2, 0.25) is 0 Å². The predicted molar refractivity (Wildman–Crippen MR) is 58.7 cm³/mol. The van der Waals surface area contributed by atoms with Gasteiger partial charge in [-0.2, -0.15) is 0 Å². The van der Waals surface area contributed by atoms with E-state index >= 15 is 0 Å². The minimum absolute atomic E-state index is 0.632. The monoisotopic (exact) mass is 190 g/mol. The molecule has 0 spiro atoms. The van der Waals surface area contributed by atoms with Crippen LogP contribution in [0.15, 0.2) is 24.3 Å². The lowest BCUT2D eigenvalue weighted by Gasteiger charge is -2.04. The van der Waals surface area contributed by atoms with Crippen LogP contribution in [0.25, 0.3) is 0 Å². The molecule has 14 heavy (non-hydrogen) atoms. The van der Waals surface area contributed by atoms with E-state index in [4.69, 9.17) is 5.73 Å². The number of hydrogen-bond acceptors (Lipinski definition) is 2. The molecule has 1 aliphatic rings. The third-order valence-electron chi connectivity index (χ3n) is 2.94. The van der Waals surface area contributed by atoms with Gasteiger partial charge in [-0.05, 0) is 23.5 Å². The summed E-state index contributed by atoms with van der Waals surface area (Å²) in [6, 6.07) is 9.27. The number of rotatable bonds is 4. The molecule has 1 fully saturated rings. The van der Waals surface area contributed by atoms with Gasteiger partial charge in [-0.1, -0.05) is 31.2 Å². The SMILES string of the molecule is CC1CC1NCc1ccc(CN)cc1. The Labute approximate surface area is 85.5 Å². The van der Waals surface area contributed by atoms with Crippen molar-refractivity contribution in [2.24, 2.45) is 11.7 Å². The van der Waals surface area contributed by atoms with Gasteiger partial charge >= 0.3 is 0 Å². The predicted octanol–water partition coefficient (Wildman–Crippen LogP) is 1.64. The first-order valence-electron chi connectivity index (χ1n) is 5.31. The van der Waals surface area contributed by atoms with E-state index < -0.39 is 0 Å². The fourth-order valence-electron chi connectivity index (χ4n) is 1.65. The zero-order valence-electron chi connectivity index (χ0n) is 8.66. The minimum atomic E-state index is 0.632. The maximum absolute atomic E-state index is 5.53. The molecule has 76 valence electrons. The van der Waals surface area contributed by atoms with Crippen LogP contribution < -0.4 is 11.1 Å². The topological polar surface area (TPSA) is 38.0 Å². The molecular formula is C12H18N2. The first-order valence-corrected chi connectivity index (χ1v) is 5.31. The van der Waals surface area contributed by atoms with Crippen LogP contribution in [-0.4, -0.2) is 6.04 Å². The first-order chi connectivity index (χ1) is 6.79. The second-order valence-electron chi connectivity index (χ2n) is 4.22. The fourth-order valence-corrected chi connectivity index (χ4v) is 1.65. The van der Waals surface area contributed by atoms with Crippen molar-refractivity contribution in [1.82, 2.24) is 5.32 Å². The van der Waals surface area contributed by atoms with E-state index in [0.717, 1.165) is 18.5 Å². The van der Waals surface area contributed by atoms with E-state index in [9.17, 15) is 0 Å². The lowest BCUT2D eigenvalue weighted by molar-refractivity contribution is 0.652. The van der Waals surface area contributed by atoms with Gasteiger partial charge in [0.05, 0.1) is 0 Å². The Hall–Kier alpha value is -0.860. The second-order valence-corrected chi connectivity index (χ2v) is 4.22. The highest BCUT2D eigenvalue weighted by molar-refractivity contribution is 5.22. The fraction of sp³-hybridized carbons (Fsp3) is 0.500. The molecule has 0 bridgehead atoms. The molecule has 0 radical (unpaired) electrons. The molecular weight excluding hydrogens is 172 g/mol. The Kier molecular flexibility index (Phi) is 2.85. The summed E-state index contributed by atoms with van der Waals surface area (Å²) < 4.78 is 0. The van der Waals surface area contributed by atoms with Gasteiger partial charge in [-0.25, -0.2) is 0 Å². The van der Waals surface area contributed by atoms with Crippen molar-refractivity contribution in [2.75, 3.05) is 0 Å². The number of hydrogen-bond donors (Lipinski definition) is 2. The highest BCUT2D eigenvalue weighted by atomic mass is 15.0.